The van der Waals surface area contributed by atoms with Gasteiger partial charge >= 0.3 is 0 Å². The first kappa shape index (κ1) is 10.6. The molecule has 2 aliphatic carbocycles. The molecule has 0 bridgehead atoms. The molecule has 1 aliphatic heterocycles. The molecule has 3 nitrogen and oxygen atoms in total. The topological polar surface area (TPSA) is 32.3 Å². The average molecular weight is 222 g/mol. The largest absolute Gasteiger partial charge is 0.325 e. The zero-order valence-electron chi connectivity index (χ0n) is 10.2. The highest BCUT2D eigenvalue weighted by molar-refractivity contribution is 5.91. The van der Waals surface area contributed by atoms with E-state index in [9.17, 15) is 4.79 Å². The van der Waals surface area contributed by atoms with Crippen molar-refractivity contribution in [3.8, 4) is 0 Å². The highest BCUT2D eigenvalue weighted by atomic mass is 16.2. The molecule has 16 heavy (non-hydrogen) atoms. The van der Waals surface area contributed by atoms with E-state index in [1.165, 1.54) is 32.1 Å². The van der Waals surface area contributed by atoms with Crippen LogP contribution in [0.4, 0.5) is 0 Å². The van der Waals surface area contributed by atoms with E-state index in [0.717, 1.165) is 25.4 Å². The average Bonchev–Trinajstić information content (AvgIpc) is 3.04. The summed E-state index contributed by atoms with van der Waals surface area (Å²) in [4.78, 5) is 14.3. The van der Waals surface area contributed by atoms with Crippen LogP contribution in [0.5, 0.6) is 0 Å². The molecule has 3 rings (SSSR count). The highest BCUT2D eigenvalue weighted by Crippen LogP contribution is 2.42. The lowest BCUT2D eigenvalue weighted by Gasteiger charge is -2.33. The summed E-state index contributed by atoms with van der Waals surface area (Å²) in [5, 5.41) is 3.40. The van der Waals surface area contributed by atoms with Gasteiger partial charge in [-0.2, -0.15) is 0 Å². The van der Waals surface area contributed by atoms with Gasteiger partial charge in [0, 0.05) is 6.04 Å². The van der Waals surface area contributed by atoms with Crippen LogP contribution in [-0.4, -0.2) is 29.1 Å². The monoisotopic (exact) mass is 222 g/mol. The van der Waals surface area contributed by atoms with E-state index in [1.54, 1.807) is 0 Å². The van der Waals surface area contributed by atoms with E-state index in [4.69, 9.17) is 0 Å². The van der Waals surface area contributed by atoms with Crippen molar-refractivity contribution in [1.82, 2.24) is 10.2 Å². The third-order valence-corrected chi connectivity index (χ3v) is 4.83. The van der Waals surface area contributed by atoms with Crippen molar-refractivity contribution in [3.63, 3.8) is 0 Å². The van der Waals surface area contributed by atoms with Gasteiger partial charge in [-0.1, -0.05) is 19.3 Å². The second-order valence-corrected chi connectivity index (χ2v) is 5.83. The molecule has 0 aromatic carbocycles. The summed E-state index contributed by atoms with van der Waals surface area (Å²) in [7, 11) is 0. The number of nitrogens with zero attached hydrogens (tertiary/aromatic N) is 1. The molecule has 1 heterocycles. The molecule has 0 radical (unpaired) electrons. The SMILES string of the molecule is CC(C1CCCCC1)N1CNC2(CC2)C1=O. The van der Waals surface area contributed by atoms with Crippen molar-refractivity contribution in [1.29, 1.82) is 0 Å². The van der Waals surface area contributed by atoms with Crippen LogP contribution in [0, 0.1) is 5.92 Å². The van der Waals surface area contributed by atoms with Gasteiger partial charge in [-0.3, -0.25) is 10.1 Å². The molecule has 1 atom stereocenters. The molecule has 1 saturated heterocycles. The molecule has 1 N–H and O–H groups in total. The Morgan fingerprint density at radius 1 is 1.31 bits per heavy atom. The summed E-state index contributed by atoms with van der Waals surface area (Å²) in [6.07, 6.45) is 8.85. The molecule has 90 valence electrons. The fourth-order valence-electron chi connectivity index (χ4n) is 3.37. The van der Waals surface area contributed by atoms with Crippen molar-refractivity contribution in [3.05, 3.63) is 0 Å². The number of carbonyl (C=O) groups excluding carboxylic acids is 1. The first-order valence-corrected chi connectivity index (χ1v) is 6.79. The van der Waals surface area contributed by atoms with Crippen molar-refractivity contribution in [2.24, 2.45) is 5.92 Å². The fourth-order valence-corrected chi connectivity index (χ4v) is 3.37. The normalized spacial score (nSPS) is 31.1. The molecular formula is C13H22N2O. The molecule has 0 aromatic heterocycles. The Morgan fingerprint density at radius 3 is 2.56 bits per heavy atom. The van der Waals surface area contributed by atoms with E-state index >= 15 is 0 Å². The van der Waals surface area contributed by atoms with E-state index in [0.29, 0.717) is 11.9 Å². The summed E-state index contributed by atoms with van der Waals surface area (Å²) in [6, 6.07) is 0.445. The fraction of sp³-hybridized carbons (Fsp3) is 0.923. The van der Waals surface area contributed by atoms with Crippen molar-refractivity contribution in [2.45, 2.75) is 63.5 Å². The van der Waals surface area contributed by atoms with Crippen LogP contribution in [0.15, 0.2) is 0 Å². The van der Waals surface area contributed by atoms with Crippen LogP contribution in [0.25, 0.3) is 0 Å². The van der Waals surface area contributed by atoms with Crippen molar-refractivity contribution < 1.29 is 4.79 Å². The molecule has 1 amide bonds. The second-order valence-electron chi connectivity index (χ2n) is 5.83. The number of nitrogens with one attached hydrogen (secondary N) is 1. The Kier molecular flexibility index (Phi) is 2.46. The minimum absolute atomic E-state index is 0.108. The van der Waals surface area contributed by atoms with Gasteiger partial charge in [0.1, 0.15) is 0 Å². The van der Waals surface area contributed by atoms with Crippen LogP contribution in [0.3, 0.4) is 0 Å². The summed E-state index contributed by atoms with van der Waals surface area (Å²) in [5.41, 5.74) is -0.108. The van der Waals surface area contributed by atoms with Crippen LogP contribution < -0.4 is 5.32 Å². The molecule has 3 aliphatic rings. The third-order valence-electron chi connectivity index (χ3n) is 4.83. The number of amides is 1. The molecule has 2 saturated carbocycles. The van der Waals surface area contributed by atoms with Crippen molar-refractivity contribution >= 4 is 5.91 Å². The Bertz CT molecular complexity index is 292. The van der Waals surface area contributed by atoms with E-state index in [1.807, 2.05) is 0 Å². The number of carbonyl (C=O) groups is 1. The second kappa shape index (κ2) is 3.73. The maximum atomic E-state index is 12.2. The van der Waals surface area contributed by atoms with Gasteiger partial charge in [-0.25, -0.2) is 0 Å². The zero-order valence-corrected chi connectivity index (χ0v) is 10.2. The summed E-state index contributed by atoms with van der Waals surface area (Å²) < 4.78 is 0. The minimum atomic E-state index is -0.108. The van der Waals surface area contributed by atoms with E-state index in [-0.39, 0.29) is 5.54 Å². The number of hydrogen-bond donors (Lipinski definition) is 1. The van der Waals surface area contributed by atoms with Gasteiger partial charge < -0.3 is 4.90 Å². The van der Waals surface area contributed by atoms with Gasteiger partial charge in [-0.15, -0.1) is 0 Å². The van der Waals surface area contributed by atoms with Crippen LogP contribution >= 0.6 is 0 Å². The molecule has 3 heteroatoms. The maximum Gasteiger partial charge on any atom is 0.244 e. The standard InChI is InChI=1S/C13H22N2O/c1-10(11-5-3-2-4-6-11)15-9-14-13(7-8-13)12(15)16/h10-11,14H,2-9H2,1H3. The van der Waals surface area contributed by atoms with Gasteiger partial charge in [0.15, 0.2) is 0 Å². The summed E-state index contributed by atoms with van der Waals surface area (Å²) in [6.45, 7) is 3.04. The Balaban J connectivity index is 1.66. The molecule has 1 spiro atoms. The Labute approximate surface area is 97.6 Å². The molecule has 3 fully saturated rings. The first-order chi connectivity index (χ1) is 7.73. The smallest absolute Gasteiger partial charge is 0.244 e. The lowest BCUT2D eigenvalue weighted by atomic mass is 9.84. The summed E-state index contributed by atoms with van der Waals surface area (Å²) in [5.74, 6) is 1.12. The van der Waals surface area contributed by atoms with E-state index in [2.05, 4.69) is 17.1 Å². The Hall–Kier alpha value is -0.570. The predicted molar refractivity (Wildman–Crippen MR) is 62.9 cm³/mol. The maximum absolute atomic E-state index is 12.2. The van der Waals surface area contributed by atoms with Gasteiger partial charge in [0.25, 0.3) is 0 Å². The van der Waals surface area contributed by atoms with E-state index < -0.39 is 0 Å². The van der Waals surface area contributed by atoms with Crippen LogP contribution in [-0.2, 0) is 4.79 Å². The van der Waals surface area contributed by atoms with Gasteiger partial charge in [0.05, 0.1) is 12.2 Å². The van der Waals surface area contributed by atoms with Crippen LogP contribution in [0.2, 0.25) is 0 Å². The lowest BCUT2D eigenvalue weighted by Crippen LogP contribution is -2.42. The molecule has 0 aromatic rings. The first-order valence-electron chi connectivity index (χ1n) is 6.79. The highest BCUT2D eigenvalue weighted by Gasteiger charge is 2.56. The predicted octanol–water partition coefficient (Wildman–Crippen LogP) is 1.88. The minimum Gasteiger partial charge on any atom is -0.325 e. The van der Waals surface area contributed by atoms with Crippen LogP contribution in [0.1, 0.15) is 51.9 Å². The molecular weight excluding hydrogens is 200 g/mol. The zero-order chi connectivity index (χ0) is 11.2. The lowest BCUT2D eigenvalue weighted by molar-refractivity contribution is -0.132. The number of rotatable bonds is 2. The quantitative estimate of drug-likeness (QED) is 0.773. The molecule has 1 unspecified atom stereocenters. The third kappa shape index (κ3) is 1.56. The van der Waals surface area contributed by atoms with Crippen molar-refractivity contribution in [2.75, 3.05) is 6.67 Å². The Morgan fingerprint density at radius 2 is 2.00 bits per heavy atom. The van der Waals surface area contributed by atoms with Gasteiger partial charge in [0.2, 0.25) is 5.91 Å². The van der Waals surface area contributed by atoms with Gasteiger partial charge in [-0.05, 0) is 38.5 Å². The number of hydrogen-bond acceptors (Lipinski definition) is 2. The summed E-state index contributed by atoms with van der Waals surface area (Å²) >= 11 is 0.